The van der Waals surface area contributed by atoms with Gasteiger partial charge in [-0.2, -0.15) is 18.2 Å². The molecule has 0 saturated heterocycles. The molecule has 0 radical (unpaired) electrons. The van der Waals surface area contributed by atoms with Crippen LogP contribution in [-0.2, 0) is 12.7 Å². The largest absolute Gasteiger partial charge is 0.416 e. The number of nitrogen functional groups attached to an aromatic ring is 1. The van der Waals surface area contributed by atoms with Crippen LogP contribution in [0.5, 0.6) is 0 Å². The lowest BCUT2D eigenvalue weighted by atomic mass is 10.1. The summed E-state index contributed by atoms with van der Waals surface area (Å²) < 4.78 is 37.7. The Morgan fingerprint density at radius 1 is 1.15 bits per heavy atom. The first-order valence-electron chi connectivity index (χ1n) is 5.54. The van der Waals surface area contributed by atoms with E-state index in [2.05, 4.69) is 31.2 Å². The van der Waals surface area contributed by atoms with Crippen molar-refractivity contribution in [3.63, 3.8) is 0 Å². The van der Waals surface area contributed by atoms with Crippen molar-refractivity contribution >= 4 is 27.7 Å². The van der Waals surface area contributed by atoms with Crippen molar-refractivity contribution in [3.05, 3.63) is 46.1 Å². The van der Waals surface area contributed by atoms with Gasteiger partial charge in [0.2, 0.25) is 5.95 Å². The van der Waals surface area contributed by atoms with Crippen molar-refractivity contribution in [2.24, 2.45) is 0 Å². The number of alkyl halides is 3. The first-order valence-corrected chi connectivity index (χ1v) is 6.34. The first-order chi connectivity index (χ1) is 9.34. The minimum atomic E-state index is -4.33. The van der Waals surface area contributed by atoms with Crippen LogP contribution in [0.2, 0.25) is 0 Å². The number of halogens is 4. The van der Waals surface area contributed by atoms with Crippen molar-refractivity contribution in [1.82, 2.24) is 9.97 Å². The van der Waals surface area contributed by atoms with Gasteiger partial charge in [0.05, 0.1) is 5.56 Å². The quantitative estimate of drug-likeness (QED) is 0.835. The molecule has 2 aromatic rings. The summed E-state index contributed by atoms with van der Waals surface area (Å²) in [6, 6.07) is 6.41. The van der Waals surface area contributed by atoms with E-state index in [4.69, 9.17) is 5.73 Å². The van der Waals surface area contributed by atoms with Gasteiger partial charge in [0.25, 0.3) is 0 Å². The summed E-state index contributed by atoms with van der Waals surface area (Å²) in [7, 11) is 0. The molecule has 0 bridgehead atoms. The van der Waals surface area contributed by atoms with E-state index in [9.17, 15) is 13.2 Å². The number of nitrogens with zero attached hydrogens (tertiary/aromatic N) is 2. The van der Waals surface area contributed by atoms with Gasteiger partial charge in [-0.25, -0.2) is 4.98 Å². The highest BCUT2D eigenvalue weighted by atomic mass is 79.9. The van der Waals surface area contributed by atoms with E-state index in [0.29, 0.717) is 28.5 Å². The lowest BCUT2D eigenvalue weighted by Crippen LogP contribution is -2.07. The fourth-order valence-corrected chi connectivity index (χ4v) is 1.91. The number of rotatable bonds is 3. The zero-order chi connectivity index (χ0) is 14.8. The van der Waals surface area contributed by atoms with Gasteiger partial charge in [0.15, 0.2) is 0 Å². The second-order valence-corrected chi connectivity index (χ2v) is 4.80. The number of hydrogen-bond donors (Lipinski definition) is 2. The van der Waals surface area contributed by atoms with Crippen LogP contribution in [-0.4, -0.2) is 9.97 Å². The third-order valence-corrected chi connectivity index (χ3v) is 2.85. The summed E-state index contributed by atoms with van der Waals surface area (Å²) in [5.74, 6) is 0.596. The number of nitrogens with one attached hydrogen (secondary N) is 1. The smallest absolute Gasteiger partial charge is 0.383 e. The van der Waals surface area contributed by atoms with Gasteiger partial charge < -0.3 is 11.1 Å². The molecule has 0 aliphatic heterocycles. The highest BCUT2D eigenvalue weighted by molar-refractivity contribution is 9.10. The summed E-state index contributed by atoms with van der Waals surface area (Å²) >= 11 is 3.17. The normalized spacial score (nSPS) is 11.4. The molecule has 1 heterocycles. The maximum absolute atomic E-state index is 12.4. The van der Waals surface area contributed by atoms with E-state index in [-0.39, 0.29) is 0 Å². The van der Waals surface area contributed by atoms with E-state index >= 15 is 0 Å². The van der Waals surface area contributed by atoms with Gasteiger partial charge >= 0.3 is 6.18 Å². The van der Waals surface area contributed by atoms with Crippen LogP contribution in [0, 0.1) is 0 Å². The Morgan fingerprint density at radius 2 is 1.80 bits per heavy atom. The molecule has 8 heteroatoms. The summed E-state index contributed by atoms with van der Waals surface area (Å²) in [5.41, 5.74) is 5.55. The minimum Gasteiger partial charge on any atom is -0.383 e. The van der Waals surface area contributed by atoms with Crippen LogP contribution >= 0.6 is 15.9 Å². The topological polar surface area (TPSA) is 63.8 Å². The van der Waals surface area contributed by atoms with E-state index in [1.165, 1.54) is 12.1 Å². The lowest BCUT2D eigenvalue weighted by Gasteiger charge is -2.09. The van der Waals surface area contributed by atoms with Crippen molar-refractivity contribution in [2.45, 2.75) is 12.7 Å². The Labute approximate surface area is 121 Å². The maximum Gasteiger partial charge on any atom is 0.416 e. The molecule has 106 valence electrons. The molecule has 0 unspecified atom stereocenters. The SMILES string of the molecule is Nc1cc(Br)nc(NCc2ccc(C(F)(F)F)cc2)n1. The molecule has 0 aliphatic rings. The molecule has 0 saturated carbocycles. The van der Waals surface area contributed by atoms with Gasteiger partial charge in [0.1, 0.15) is 10.4 Å². The van der Waals surface area contributed by atoms with E-state index in [0.717, 1.165) is 12.1 Å². The van der Waals surface area contributed by atoms with Crippen molar-refractivity contribution in [1.29, 1.82) is 0 Å². The van der Waals surface area contributed by atoms with Crippen LogP contribution in [0.4, 0.5) is 24.9 Å². The van der Waals surface area contributed by atoms with Crippen molar-refractivity contribution < 1.29 is 13.2 Å². The predicted octanol–water partition coefficient (Wildman–Crippen LogP) is 3.45. The summed E-state index contributed by atoms with van der Waals surface area (Å²) in [4.78, 5) is 7.99. The molecule has 3 N–H and O–H groups in total. The number of aromatic nitrogens is 2. The van der Waals surface area contributed by atoms with E-state index in [1.807, 2.05) is 0 Å². The fraction of sp³-hybridized carbons (Fsp3) is 0.167. The predicted molar refractivity (Wildman–Crippen MR) is 72.9 cm³/mol. The standard InChI is InChI=1S/C12H10BrF3N4/c13-9-5-10(17)20-11(19-9)18-6-7-1-3-8(4-2-7)12(14,15)16/h1-5H,6H2,(H3,17,18,19,20). The van der Waals surface area contributed by atoms with E-state index in [1.54, 1.807) is 6.07 Å². The van der Waals surface area contributed by atoms with Crippen molar-refractivity contribution in [3.8, 4) is 0 Å². The lowest BCUT2D eigenvalue weighted by molar-refractivity contribution is -0.137. The monoisotopic (exact) mass is 346 g/mol. The van der Waals surface area contributed by atoms with Crippen molar-refractivity contribution in [2.75, 3.05) is 11.1 Å². The zero-order valence-electron chi connectivity index (χ0n) is 10.1. The molecule has 0 spiro atoms. The van der Waals surface area contributed by atoms with Gasteiger partial charge in [-0.05, 0) is 33.6 Å². The number of hydrogen-bond acceptors (Lipinski definition) is 4. The van der Waals surface area contributed by atoms with Crippen LogP contribution in [0.15, 0.2) is 34.9 Å². The van der Waals surface area contributed by atoms with Gasteiger partial charge in [0, 0.05) is 12.6 Å². The second-order valence-electron chi connectivity index (χ2n) is 3.99. The Morgan fingerprint density at radius 3 is 2.35 bits per heavy atom. The molecule has 1 aromatic carbocycles. The Bertz CT molecular complexity index is 578. The summed E-state index contributed by atoms with van der Waals surface area (Å²) in [6.07, 6.45) is -4.33. The maximum atomic E-state index is 12.4. The molecule has 1 aromatic heterocycles. The zero-order valence-corrected chi connectivity index (χ0v) is 11.7. The average molecular weight is 347 g/mol. The van der Waals surface area contributed by atoms with Crippen LogP contribution in [0.25, 0.3) is 0 Å². The molecule has 2 rings (SSSR count). The number of benzene rings is 1. The summed E-state index contributed by atoms with van der Waals surface area (Å²) in [6.45, 7) is 0.300. The molecule has 0 fully saturated rings. The molecule has 0 atom stereocenters. The Kier molecular flexibility index (Phi) is 4.12. The number of nitrogens with two attached hydrogens (primary N) is 1. The summed E-state index contributed by atoms with van der Waals surface area (Å²) in [5, 5.41) is 2.89. The highest BCUT2D eigenvalue weighted by Crippen LogP contribution is 2.29. The second kappa shape index (κ2) is 5.66. The highest BCUT2D eigenvalue weighted by Gasteiger charge is 2.29. The average Bonchev–Trinajstić information content (AvgIpc) is 2.35. The first kappa shape index (κ1) is 14.6. The molecular weight excluding hydrogens is 337 g/mol. The Hall–Kier alpha value is -1.83. The fourth-order valence-electron chi connectivity index (χ4n) is 1.51. The molecule has 0 amide bonds. The minimum absolute atomic E-state index is 0.293. The molecule has 20 heavy (non-hydrogen) atoms. The van der Waals surface area contributed by atoms with Gasteiger partial charge in [-0.15, -0.1) is 0 Å². The van der Waals surface area contributed by atoms with E-state index < -0.39 is 11.7 Å². The molecular formula is C12H10BrF3N4. The third kappa shape index (κ3) is 3.83. The van der Waals surface area contributed by atoms with Crippen LogP contribution in [0.1, 0.15) is 11.1 Å². The van der Waals surface area contributed by atoms with Crippen LogP contribution in [0.3, 0.4) is 0 Å². The number of anilines is 2. The molecule has 4 nitrogen and oxygen atoms in total. The third-order valence-electron chi connectivity index (χ3n) is 2.45. The molecule has 0 aliphatic carbocycles. The van der Waals surface area contributed by atoms with Gasteiger partial charge in [-0.3, -0.25) is 0 Å². The van der Waals surface area contributed by atoms with Crippen LogP contribution < -0.4 is 11.1 Å². The van der Waals surface area contributed by atoms with Gasteiger partial charge in [-0.1, -0.05) is 12.1 Å². The Balaban J connectivity index is 2.04.